The SMILES string of the molecule is CC(C)(CCC(=O)NCc1cc(C(=O)O)no1)NC(=O)OCC1c2ccccc2-c2ccccc21. The first-order chi connectivity index (χ1) is 16.7. The van der Waals surface area contributed by atoms with Crippen LogP contribution in [0.25, 0.3) is 11.1 Å². The molecule has 1 aliphatic rings. The van der Waals surface area contributed by atoms with E-state index in [9.17, 15) is 14.4 Å². The molecule has 3 aromatic rings. The van der Waals surface area contributed by atoms with Gasteiger partial charge in [0.2, 0.25) is 5.91 Å². The fourth-order valence-electron chi connectivity index (χ4n) is 4.17. The topological polar surface area (TPSA) is 131 Å². The Labute approximate surface area is 202 Å². The Morgan fingerprint density at radius 2 is 1.69 bits per heavy atom. The summed E-state index contributed by atoms with van der Waals surface area (Å²) < 4.78 is 10.5. The molecular formula is C26H27N3O6. The van der Waals surface area contributed by atoms with E-state index in [0.717, 1.165) is 22.3 Å². The minimum absolute atomic E-state index is 0.0271. The van der Waals surface area contributed by atoms with Crippen LogP contribution in [-0.4, -0.2) is 40.4 Å². The zero-order valence-electron chi connectivity index (χ0n) is 19.5. The van der Waals surface area contributed by atoms with Crippen LogP contribution in [-0.2, 0) is 16.1 Å². The predicted molar refractivity (Wildman–Crippen MR) is 127 cm³/mol. The van der Waals surface area contributed by atoms with Gasteiger partial charge in [0, 0.05) is 23.9 Å². The van der Waals surface area contributed by atoms with Gasteiger partial charge in [-0.1, -0.05) is 53.7 Å². The summed E-state index contributed by atoms with van der Waals surface area (Å²) in [6.07, 6.45) is -0.0173. The fourth-order valence-corrected chi connectivity index (χ4v) is 4.17. The van der Waals surface area contributed by atoms with Crippen molar-refractivity contribution in [3.05, 3.63) is 77.2 Å². The van der Waals surface area contributed by atoms with Gasteiger partial charge in [-0.25, -0.2) is 9.59 Å². The van der Waals surface area contributed by atoms with Crippen LogP contribution in [0.15, 0.2) is 59.1 Å². The highest BCUT2D eigenvalue weighted by molar-refractivity contribution is 5.85. The number of aromatic carboxylic acids is 1. The summed E-state index contributed by atoms with van der Waals surface area (Å²) in [6, 6.07) is 17.5. The van der Waals surface area contributed by atoms with Gasteiger partial charge >= 0.3 is 12.1 Å². The van der Waals surface area contributed by atoms with Crippen molar-refractivity contribution in [2.45, 2.75) is 44.7 Å². The molecule has 1 aromatic heterocycles. The summed E-state index contributed by atoms with van der Waals surface area (Å²) in [5.74, 6) is -1.25. The molecule has 0 radical (unpaired) electrons. The first kappa shape index (κ1) is 24.0. The zero-order chi connectivity index (χ0) is 25.0. The number of nitrogens with zero attached hydrogens (tertiary/aromatic N) is 1. The zero-order valence-corrected chi connectivity index (χ0v) is 19.5. The maximum absolute atomic E-state index is 12.6. The van der Waals surface area contributed by atoms with Crippen LogP contribution in [0.3, 0.4) is 0 Å². The van der Waals surface area contributed by atoms with E-state index in [-0.39, 0.29) is 42.9 Å². The molecular weight excluding hydrogens is 450 g/mol. The summed E-state index contributed by atoms with van der Waals surface area (Å²) in [5, 5.41) is 17.7. The first-order valence-corrected chi connectivity index (χ1v) is 11.3. The van der Waals surface area contributed by atoms with Gasteiger partial charge in [-0.2, -0.15) is 0 Å². The third-order valence-corrected chi connectivity index (χ3v) is 6.00. The van der Waals surface area contributed by atoms with E-state index in [0.29, 0.717) is 6.42 Å². The largest absolute Gasteiger partial charge is 0.476 e. The van der Waals surface area contributed by atoms with E-state index in [4.69, 9.17) is 14.4 Å². The Morgan fingerprint density at radius 3 is 2.29 bits per heavy atom. The average Bonchev–Trinajstić information content (AvgIpc) is 3.43. The number of alkyl carbamates (subject to hydrolysis) is 1. The van der Waals surface area contributed by atoms with E-state index >= 15 is 0 Å². The number of hydrogen-bond acceptors (Lipinski definition) is 6. The van der Waals surface area contributed by atoms with Crippen LogP contribution < -0.4 is 10.6 Å². The lowest BCUT2D eigenvalue weighted by atomic mass is 9.98. The number of fused-ring (bicyclic) bond motifs is 3. The number of ether oxygens (including phenoxy) is 1. The number of carbonyl (C=O) groups is 3. The van der Waals surface area contributed by atoms with Gasteiger partial charge < -0.3 is 25.0 Å². The molecule has 3 N–H and O–H groups in total. The molecule has 0 saturated heterocycles. The van der Waals surface area contributed by atoms with Crippen molar-refractivity contribution in [1.82, 2.24) is 15.8 Å². The third kappa shape index (κ3) is 5.68. The summed E-state index contributed by atoms with van der Waals surface area (Å²) in [4.78, 5) is 35.6. The van der Waals surface area contributed by atoms with Crippen molar-refractivity contribution < 1.29 is 28.8 Å². The number of rotatable bonds is 9. The Bertz CT molecular complexity index is 1200. The van der Waals surface area contributed by atoms with E-state index in [1.54, 1.807) is 0 Å². The molecule has 182 valence electrons. The Morgan fingerprint density at radius 1 is 1.06 bits per heavy atom. The molecule has 0 spiro atoms. The normalized spacial score (nSPS) is 12.5. The average molecular weight is 478 g/mol. The van der Waals surface area contributed by atoms with Gasteiger partial charge in [-0.15, -0.1) is 0 Å². The molecule has 9 heteroatoms. The molecule has 0 bridgehead atoms. The molecule has 2 amide bonds. The van der Waals surface area contributed by atoms with Gasteiger partial charge in [0.15, 0.2) is 11.5 Å². The monoisotopic (exact) mass is 477 g/mol. The van der Waals surface area contributed by atoms with Crippen molar-refractivity contribution in [3.8, 4) is 11.1 Å². The number of amides is 2. The quantitative estimate of drug-likeness (QED) is 0.423. The summed E-state index contributed by atoms with van der Waals surface area (Å²) in [6.45, 7) is 3.87. The summed E-state index contributed by atoms with van der Waals surface area (Å²) in [7, 11) is 0. The van der Waals surface area contributed by atoms with Crippen molar-refractivity contribution in [1.29, 1.82) is 0 Å². The highest BCUT2D eigenvalue weighted by Gasteiger charge is 2.30. The standard InChI is InChI=1S/C26H27N3O6/c1-26(2,12-11-23(30)27-14-16-13-22(24(31)32)29-35-16)28-25(33)34-15-21-19-9-5-3-7-17(19)18-8-4-6-10-20(18)21/h3-10,13,21H,11-12,14-15H2,1-2H3,(H,27,30)(H,28,33)(H,31,32). The molecule has 0 aliphatic heterocycles. The summed E-state index contributed by atoms with van der Waals surface area (Å²) in [5.41, 5.74) is 3.70. The molecule has 4 rings (SSSR count). The number of benzene rings is 2. The molecule has 0 saturated carbocycles. The van der Waals surface area contributed by atoms with E-state index in [1.807, 2.05) is 38.1 Å². The maximum atomic E-state index is 12.6. The van der Waals surface area contributed by atoms with Gasteiger partial charge in [-0.05, 0) is 42.5 Å². The fraction of sp³-hybridized carbons (Fsp3) is 0.308. The van der Waals surface area contributed by atoms with Crippen LogP contribution >= 0.6 is 0 Å². The van der Waals surface area contributed by atoms with Crippen LogP contribution in [0.4, 0.5) is 4.79 Å². The van der Waals surface area contributed by atoms with Crippen LogP contribution in [0, 0.1) is 0 Å². The van der Waals surface area contributed by atoms with Crippen LogP contribution in [0.2, 0.25) is 0 Å². The van der Waals surface area contributed by atoms with Crippen molar-refractivity contribution >= 4 is 18.0 Å². The number of carboxylic acid groups (broad SMARTS) is 1. The summed E-state index contributed by atoms with van der Waals surface area (Å²) >= 11 is 0. The highest BCUT2D eigenvalue weighted by atomic mass is 16.5. The smallest absolute Gasteiger partial charge is 0.407 e. The number of carbonyl (C=O) groups excluding carboxylic acids is 2. The molecule has 0 fully saturated rings. The molecule has 35 heavy (non-hydrogen) atoms. The molecule has 1 aliphatic carbocycles. The lowest BCUT2D eigenvalue weighted by Gasteiger charge is -2.26. The number of aromatic nitrogens is 1. The predicted octanol–water partition coefficient (Wildman–Crippen LogP) is 4.09. The van der Waals surface area contributed by atoms with Gasteiger partial charge in [0.1, 0.15) is 6.61 Å². The van der Waals surface area contributed by atoms with Gasteiger partial charge in [0.25, 0.3) is 0 Å². The van der Waals surface area contributed by atoms with Crippen molar-refractivity contribution in [2.75, 3.05) is 6.61 Å². The van der Waals surface area contributed by atoms with Crippen molar-refractivity contribution in [2.24, 2.45) is 0 Å². The van der Waals surface area contributed by atoms with E-state index in [1.165, 1.54) is 6.07 Å². The molecule has 1 heterocycles. The highest BCUT2D eigenvalue weighted by Crippen LogP contribution is 2.44. The van der Waals surface area contributed by atoms with Gasteiger partial charge in [0.05, 0.1) is 6.54 Å². The third-order valence-electron chi connectivity index (χ3n) is 6.00. The Balaban J connectivity index is 1.25. The minimum Gasteiger partial charge on any atom is -0.476 e. The second-order valence-electron chi connectivity index (χ2n) is 9.09. The van der Waals surface area contributed by atoms with Gasteiger partial charge in [-0.3, -0.25) is 4.79 Å². The van der Waals surface area contributed by atoms with E-state index in [2.05, 4.69) is 40.1 Å². The minimum atomic E-state index is -1.20. The van der Waals surface area contributed by atoms with E-state index < -0.39 is 17.6 Å². The number of carboxylic acids is 1. The lowest BCUT2D eigenvalue weighted by Crippen LogP contribution is -2.44. The maximum Gasteiger partial charge on any atom is 0.407 e. The van der Waals surface area contributed by atoms with Crippen LogP contribution in [0.5, 0.6) is 0 Å². The number of nitrogens with one attached hydrogen (secondary N) is 2. The number of hydrogen-bond donors (Lipinski definition) is 3. The molecule has 9 nitrogen and oxygen atoms in total. The van der Waals surface area contributed by atoms with Crippen LogP contribution in [0.1, 0.15) is 60.0 Å². The molecule has 2 aromatic carbocycles. The van der Waals surface area contributed by atoms with Crippen molar-refractivity contribution in [3.63, 3.8) is 0 Å². The Hall–Kier alpha value is -4.14. The second-order valence-corrected chi connectivity index (χ2v) is 9.09. The molecule has 0 unspecified atom stereocenters. The lowest BCUT2D eigenvalue weighted by molar-refractivity contribution is -0.121. The second kappa shape index (κ2) is 10.0. The first-order valence-electron chi connectivity index (χ1n) is 11.3. The Kier molecular flexibility index (Phi) is 6.86. The molecule has 0 atom stereocenters.